The van der Waals surface area contributed by atoms with E-state index in [1.165, 1.54) is 0 Å². The second-order valence-electron chi connectivity index (χ2n) is 8.62. The van der Waals surface area contributed by atoms with Crippen LogP contribution in [-0.2, 0) is 36.8 Å². The topological polar surface area (TPSA) is 188 Å². The lowest BCUT2D eigenvalue weighted by molar-refractivity contribution is -0.143. The first-order chi connectivity index (χ1) is 18.1. The highest BCUT2D eigenvalue weighted by Gasteiger charge is 2.30. The van der Waals surface area contributed by atoms with Gasteiger partial charge in [0.2, 0.25) is 17.7 Å². The molecule has 0 heterocycles. The molecule has 2 aromatic carbocycles. The molecule has 4 atom stereocenters. The van der Waals surface area contributed by atoms with Crippen LogP contribution >= 0.6 is 12.6 Å². The molecule has 2 rings (SSSR count). The predicted molar refractivity (Wildman–Crippen MR) is 142 cm³/mol. The smallest absolute Gasteiger partial charge is 0.326 e. The third kappa shape index (κ3) is 10.2. The second kappa shape index (κ2) is 15.4. The molecule has 11 nitrogen and oxygen atoms in total. The monoisotopic (exact) mass is 544 g/mol. The fourth-order valence-corrected chi connectivity index (χ4v) is 3.72. The van der Waals surface area contributed by atoms with Gasteiger partial charge in [-0.3, -0.25) is 19.2 Å². The highest BCUT2D eigenvalue weighted by Crippen LogP contribution is 2.08. The van der Waals surface area contributed by atoms with Gasteiger partial charge in [-0.25, -0.2) is 4.79 Å². The van der Waals surface area contributed by atoms with Crippen molar-refractivity contribution >= 4 is 42.3 Å². The number of carboxylic acid groups (broad SMARTS) is 2. The summed E-state index contributed by atoms with van der Waals surface area (Å²) in [4.78, 5) is 61.7. The lowest BCUT2D eigenvalue weighted by Gasteiger charge is -2.25. The largest absolute Gasteiger partial charge is 0.481 e. The van der Waals surface area contributed by atoms with E-state index in [2.05, 4.69) is 28.6 Å². The molecule has 0 saturated heterocycles. The Morgan fingerprint density at radius 2 is 1.16 bits per heavy atom. The normalized spacial score (nSPS) is 13.8. The number of hydrogen-bond donors (Lipinski definition) is 7. The van der Waals surface area contributed by atoms with Crippen molar-refractivity contribution < 1.29 is 34.2 Å². The standard InChI is InChI=1S/C26H32N4O7S/c27-18(15-38)23(33)29-20(13-16-7-3-1-4-8-16)25(35)28-19(11-12-22(31)32)24(34)30-21(26(36)37)14-17-9-5-2-6-10-17/h1-10,18-21,38H,11-15,27H2,(H,28,35)(H,29,33)(H,30,34)(H,31,32)(H,36,37). The van der Waals surface area contributed by atoms with Crippen LogP contribution in [0.3, 0.4) is 0 Å². The van der Waals surface area contributed by atoms with Crippen molar-refractivity contribution in [3.8, 4) is 0 Å². The van der Waals surface area contributed by atoms with Crippen LogP contribution in [0.1, 0.15) is 24.0 Å². The van der Waals surface area contributed by atoms with Gasteiger partial charge in [-0.05, 0) is 17.5 Å². The van der Waals surface area contributed by atoms with Crippen LogP contribution < -0.4 is 21.7 Å². The molecule has 0 bridgehead atoms. The summed E-state index contributed by atoms with van der Waals surface area (Å²) >= 11 is 4.00. The summed E-state index contributed by atoms with van der Waals surface area (Å²) < 4.78 is 0. The maximum Gasteiger partial charge on any atom is 0.326 e. The zero-order valence-corrected chi connectivity index (χ0v) is 21.5. The van der Waals surface area contributed by atoms with E-state index in [0.717, 1.165) is 0 Å². The van der Waals surface area contributed by atoms with Crippen molar-refractivity contribution in [1.29, 1.82) is 0 Å². The molecule has 7 N–H and O–H groups in total. The minimum Gasteiger partial charge on any atom is -0.481 e. The Morgan fingerprint density at radius 1 is 0.711 bits per heavy atom. The number of thiol groups is 1. The molecule has 0 aromatic heterocycles. The molecule has 0 radical (unpaired) electrons. The van der Waals surface area contributed by atoms with E-state index in [-0.39, 0.29) is 25.0 Å². The van der Waals surface area contributed by atoms with Crippen LogP contribution in [0.5, 0.6) is 0 Å². The predicted octanol–water partition coefficient (Wildman–Crippen LogP) is 0.133. The van der Waals surface area contributed by atoms with E-state index in [1.54, 1.807) is 60.7 Å². The average molecular weight is 545 g/mol. The fourth-order valence-electron chi connectivity index (χ4n) is 3.55. The van der Waals surface area contributed by atoms with Crippen LogP contribution in [0.4, 0.5) is 0 Å². The number of aliphatic carboxylic acids is 2. The molecule has 0 spiro atoms. The molecular weight excluding hydrogens is 512 g/mol. The Kier molecular flexibility index (Phi) is 12.3. The molecule has 0 aliphatic rings. The van der Waals surface area contributed by atoms with Crippen LogP contribution in [0.25, 0.3) is 0 Å². The van der Waals surface area contributed by atoms with E-state index in [1.807, 2.05) is 0 Å². The van der Waals surface area contributed by atoms with Gasteiger partial charge in [-0.15, -0.1) is 0 Å². The number of carboxylic acids is 2. The van der Waals surface area contributed by atoms with Crippen LogP contribution in [0, 0.1) is 0 Å². The van der Waals surface area contributed by atoms with E-state index < -0.39 is 60.2 Å². The van der Waals surface area contributed by atoms with Crippen LogP contribution in [-0.4, -0.2) is 69.8 Å². The van der Waals surface area contributed by atoms with Gasteiger partial charge in [0.1, 0.15) is 18.1 Å². The molecule has 0 aliphatic heterocycles. The molecule has 2 aromatic rings. The van der Waals surface area contributed by atoms with Crippen molar-refractivity contribution in [2.24, 2.45) is 5.73 Å². The summed E-state index contributed by atoms with van der Waals surface area (Å²) in [5.41, 5.74) is 7.11. The van der Waals surface area contributed by atoms with E-state index in [0.29, 0.717) is 11.1 Å². The van der Waals surface area contributed by atoms with E-state index in [9.17, 15) is 29.1 Å². The second-order valence-corrected chi connectivity index (χ2v) is 8.99. The average Bonchev–Trinajstić information content (AvgIpc) is 2.90. The Balaban J connectivity index is 2.22. The molecule has 0 aliphatic carbocycles. The third-order valence-corrected chi connectivity index (χ3v) is 6.02. The Hall–Kier alpha value is -3.90. The summed E-state index contributed by atoms with van der Waals surface area (Å²) in [5, 5.41) is 26.2. The van der Waals surface area contributed by atoms with Gasteiger partial charge in [-0.2, -0.15) is 12.6 Å². The first-order valence-electron chi connectivity index (χ1n) is 11.9. The molecule has 4 unspecified atom stereocenters. The van der Waals surface area contributed by atoms with Crippen molar-refractivity contribution in [1.82, 2.24) is 16.0 Å². The first kappa shape index (κ1) is 30.3. The summed E-state index contributed by atoms with van der Waals surface area (Å²) in [6, 6.07) is 12.6. The summed E-state index contributed by atoms with van der Waals surface area (Å²) in [7, 11) is 0. The maximum absolute atomic E-state index is 13.2. The van der Waals surface area contributed by atoms with Gasteiger partial charge >= 0.3 is 11.9 Å². The van der Waals surface area contributed by atoms with E-state index in [4.69, 9.17) is 10.8 Å². The first-order valence-corrected chi connectivity index (χ1v) is 12.5. The lowest BCUT2D eigenvalue weighted by Crippen LogP contribution is -2.58. The Labute approximate surface area is 225 Å². The zero-order valence-electron chi connectivity index (χ0n) is 20.6. The summed E-state index contributed by atoms with van der Waals surface area (Å²) in [5.74, 6) is -4.71. The highest BCUT2D eigenvalue weighted by atomic mass is 32.1. The van der Waals surface area contributed by atoms with Gasteiger partial charge in [0.05, 0.1) is 6.04 Å². The van der Waals surface area contributed by atoms with Gasteiger partial charge < -0.3 is 31.9 Å². The molecule has 3 amide bonds. The molecule has 204 valence electrons. The molecule has 0 fully saturated rings. The zero-order chi connectivity index (χ0) is 28.1. The molecule has 38 heavy (non-hydrogen) atoms. The van der Waals surface area contributed by atoms with Crippen molar-refractivity contribution in [3.63, 3.8) is 0 Å². The minimum atomic E-state index is -1.37. The SMILES string of the molecule is NC(CS)C(=O)NC(Cc1ccccc1)C(=O)NC(CCC(=O)O)C(=O)NC(Cc1ccccc1)C(=O)O. The number of amides is 3. The summed E-state index contributed by atoms with van der Waals surface area (Å²) in [6.45, 7) is 0. The maximum atomic E-state index is 13.2. The quantitative estimate of drug-likeness (QED) is 0.154. The number of nitrogens with two attached hydrogens (primary N) is 1. The molecule has 12 heteroatoms. The number of benzene rings is 2. The fraction of sp³-hybridized carbons (Fsp3) is 0.346. The van der Waals surface area contributed by atoms with Gasteiger partial charge in [0.15, 0.2) is 0 Å². The van der Waals surface area contributed by atoms with Crippen LogP contribution in [0.15, 0.2) is 60.7 Å². The van der Waals surface area contributed by atoms with Crippen molar-refractivity contribution in [3.05, 3.63) is 71.8 Å². The number of hydrogen-bond acceptors (Lipinski definition) is 7. The Morgan fingerprint density at radius 3 is 1.63 bits per heavy atom. The lowest BCUT2D eigenvalue weighted by atomic mass is 10.0. The third-order valence-electron chi connectivity index (χ3n) is 5.63. The molecule has 0 saturated carbocycles. The molecular formula is C26H32N4O7S. The number of nitrogens with one attached hydrogen (secondary N) is 3. The number of carbonyl (C=O) groups is 5. The highest BCUT2D eigenvalue weighted by molar-refractivity contribution is 7.80. The van der Waals surface area contributed by atoms with Crippen molar-refractivity contribution in [2.75, 3.05) is 5.75 Å². The summed E-state index contributed by atoms with van der Waals surface area (Å²) in [6.07, 6.45) is -0.714. The number of carbonyl (C=O) groups excluding carboxylic acids is 3. The van der Waals surface area contributed by atoms with Gasteiger partial charge in [0, 0.05) is 25.0 Å². The van der Waals surface area contributed by atoms with Gasteiger partial charge in [-0.1, -0.05) is 60.7 Å². The number of rotatable bonds is 15. The Bertz CT molecular complexity index is 1100. The van der Waals surface area contributed by atoms with E-state index >= 15 is 0 Å². The minimum absolute atomic E-state index is 0.0180. The van der Waals surface area contributed by atoms with Crippen LogP contribution in [0.2, 0.25) is 0 Å². The van der Waals surface area contributed by atoms with Gasteiger partial charge in [0.25, 0.3) is 0 Å². The van der Waals surface area contributed by atoms with Crippen molar-refractivity contribution in [2.45, 2.75) is 49.9 Å².